The third kappa shape index (κ3) is 5.40. The predicted octanol–water partition coefficient (Wildman–Crippen LogP) is 2.92. The van der Waals surface area contributed by atoms with Crippen molar-refractivity contribution in [1.29, 1.82) is 0 Å². The Morgan fingerprint density at radius 3 is 1.58 bits per heavy atom. The summed E-state index contributed by atoms with van der Waals surface area (Å²) in [6.07, 6.45) is -1.55. The lowest BCUT2D eigenvalue weighted by Gasteiger charge is -2.19. The van der Waals surface area contributed by atoms with Gasteiger partial charge in [0.05, 0.1) is 0 Å². The van der Waals surface area contributed by atoms with Gasteiger partial charge in [-0.1, -0.05) is 60.7 Å². The van der Waals surface area contributed by atoms with E-state index in [1.165, 1.54) is 0 Å². The molecule has 24 heavy (non-hydrogen) atoms. The van der Waals surface area contributed by atoms with Gasteiger partial charge in [0, 0.05) is 13.1 Å². The normalized spacial score (nSPS) is 10.0. The lowest BCUT2D eigenvalue weighted by atomic mass is 10.2. The fourth-order valence-corrected chi connectivity index (χ4v) is 1.98. The number of amides is 2. The van der Waals surface area contributed by atoms with Gasteiger partial charge < -0.3 is 15.2 Å². The smallest absolute Gasteiger partial charge is 0.419 e. The summed E-state index contributed by atoms with van der Waals surface area (Å²) in [5.41, 5.74) is 7.12. The van der Waals surface area contributed by atoms with Crippen LogP contribution in [0.1, 0.15) is 11.1 Å². The Bertz CT molecular complexity index is 591. The zero-order chi connectivity index (χ0) is 17.2. The first-order valence-electron chi connectivity index (χ1n) is 7.59. The molecule has 2 aromatic carbocycles. The van der Waals surface area contributed by atoms with Gasteiger partial charge in [0.25, 0.3) is 0 Å². The molecule has 2 amide bonds. The third-order valence-corrected chi connectivity index (χ3v) is 3.20. The predicted molar refractivity (Wildman–Crippen MR) is 89.0 cm³/mol. The second-order valence-electron chi connectivity index (χ2n) is 5.02. The summed E-state index contributed by atoms with van der Waals surface area (Å²) in [5, 5.41) is 0. The minimum atomic E-state index is -0.776. The molecule has 6 heteroatoms. The lowest BCUT2D eigenvalue weighted by Crippen LogP contribution is -2.40. The summed E-state index contributed by atoms with van der Waals surface area (Å²) in [6.45, 7) is 0.307. The number of imide groups is 1. The van der Waals surface area contributed by atoms with Crippen LogP contribution in [0, 0.1) is 0 Å². The molecule has 0 aliphatic carbocycles. The van der Waals surface area contributed by atoms with Gasteiger partial charge in [-0.15, -0.1) is 0 Å². The minimum Gasteiger partial charge on any atom is -0.444 e. The molecule has 0 aliphatic rings. The summed E-state index contributed by atoms with van der Waals surface area (Å²) < 4.78 is 10.3. The fourth-order valence-electron chi connectivity index (χ4n) is 1.98. The van der Waals surface area contributed by atoms with E-state index in [0.29, 0.717) is 0 Å². The first-order valence-corrected chi connectivity index (χ1v) is 7.59. The van der Waals surface area contributed by atoms with Crippen LogP contribution >= 0.6 is 0 Å². The zero-order valence-electron chi connectivity index (χ0n) is 13.3. The maximum Gasteiger partial charge on any atom is 0.419 e. The Kier molecular flexibility index (Phi) is 6.79. The van der Waals surface area contributed by atoms with E-state index in [1.807, 2.05) is 60.7 Å². The highest BCUT2D eigenvalue weighted by molar-refractivity contribution is 5.87. The average molecular weight is 328 g/mol. The molecular formula is C18H20N2O4. The molecule has 0 aliphatic heterocycles. The Labute approximate surface area is 140 Å². The quantitative estimate of drug-likeness (QED) is 0.881. The highest BCUT2D eigenvalue weighted by Crippen LogP contribution is 2.07. The lowest BCUT2D eigenvalue weighted by molar-refractivity contribution is 0.0708. The topological polar surface area (TPSA) is 81.9 Å². The molecule has 0 unspecified atom stereocenters. The van der Waals surface area contributed by atoms with Gasteiger partial charge >= 0.3 is 12.2 Å². The van der Waals surface area contributed by atoms with Crippen LogP contribution in [0.2, 0.25) is 0 Å². The van der Waals surface area contributed by atoms with Crippen molar-refractivity contribution in [2.24, 2.45) is 5.73 Å². The second-order valence-corrected chi connectivity index (χ2v) is 5.02. The number of hydrogen-bond acceptors (Lipinski definition) is 5. The van der Waals surface area contributed by atoms with Crippen molar-refractivity contribution in [2.45, 2.75) is 13.2 Å². The van der Waals surface area contributed by atoms with Gasteiger partial charge in [-0.05, 0) is 11.1 Å². The molecule has 0 fully saturated rings. The molecule has 2 rings (SSSR count). The van der Waals surface area contributed by atoms with Crippen LogP contribution in [-0.4, -0.2) is 30.2 Å². The SMILES string of the molecule is NCCN(C(=O)OCc1ccccc1)C(=O)OCc1ccccc1. The first-order chi connectivity index (χ1) is 11.7. The minimum absolute atomic E-state index is 0.0290. The molecule has 0 saturated heterocycles. The monoisotopic (exact) mass is 328 g/mol. The molecule has 0 radical (unpaired) electrons. The molecule has 126 valence electrons. The molecule has 0 spiro atoms. The Balaban J connectivity index is 1.89. The fraction of sp³-hybridized carbons (Fsp3) is 0.222. The Morgan fingerprint density at radius 1 is 0.792 bits per heavy atom. The standard InChI is InChI=1S/C18H20N2O4/c19-11-12-20(17(21)23-13-15-7-3-1-4-8-15)18(22)24-14-16-9-5-2-6-10-16/h1-10H,11-14,19H2. The van der Waals surface area contributed by atoms with Crippen molar-refractivity contribution in [3.8, 4) is 0 Å². The van der Waals surface area contributed by atoms with Crippen LogP contribution in [-0.2, 0) is 22.7 Å². The molecule has 6 nitrogen and oxygen atoms in total. The second kappa shape index (κ2) is 9.32. The number of carbonyl (C=O) groups excluding carboxylic acids is 2. The largest absolute Gasteiger partial charge is 0.444 e. The van der Waals surface area contributed by atoms with Crippen molar-refractivity contribution < 1.29 is 19.1 Å². The van der Waals surface area contributed by atoms with E-state index >= 15 is 0 Å². The summed E-state index contributed by atoms with van der Waals surface area (Å²) in [7, 11) is 0. The van der Waals surface area contributed by atoms with E-state index in [1.54, 1.807) is 0 Å². The molecule has 2 aromatic rings. The number of carbonyl (C=O) groups is 2. The third-order valence-electron chi connectivity index (χ3n) is 3.20. The van der Waals surface area contributed by atoms with E-state index in [4.69, 9.17) is 15.2 Å². The summed E-state index contributed by atoms with van der Waals surface area (Å²) >= 11 is 0. The van der Waals surface area contributed by atoms with Gasteiger partial charge in [-0.25, -0.2) is 14.5 Å². The Morgan fingerprint density at radius 2 is 1.21 bits per heavy atom. The van der Waals surface area contributed by atoms with E-state index in [2.05, 4.69) is 0 Å². The molecule has 0 aromatic heterocycles. The van der Waals surface area contributed by atoms with Crippen molar-refractivity contribution in [2.75, 3.05) is 13.1 Å². The van der Waals surface area contributed by atoms with Crippen LogP contribution in [0.25, 0.3) is 0 Å². The van der Waals surface area contributed by atoms with E-state index in [9.17, 15) is 9.59 Å². The maximum atomic E-state index is 12.1. The van der Waals surface area contributed by atoms with E-state index in [-0.39, 0.29) is 26.3 Å². The van der Waals surface area contributed by atoms with Crippen molar-refractivity contribution in [1.82, 2.24) is 4.90 Å². The molecule has 0 saturated carbocycles. The van der Waals surface area contributed by atoms with E-state index in [0.717, 1.165) is 16.0 Å². The van der Waals surface area contributed by atoms with Crippen LogP contribution in [0.4, 0.5) is 9.59 Å². The van der Waals surface area contributed by atoms with Crippen molar-refractivity contribution in [3.05, 3.63) is 71.8 Å². The summed E-state index contributed by atoms with van der Waals surface area (Å²) in [6, 6.07) is 18.4. The van der Waals surface area contributed by atoms with Crippen LogP contribution < -0.4 is 5.73 Å². The zero-order valence-corrected chi connectivity index (χ0v) is 13.3. The number of rotatable bonds is 6. The number of ether oxygens (including phenoxy) is 2. The molecule has 0 atom stereocenters. The van der Waals surface area contributed by atoms with Gasteiger partial charge in [0.1, 0.15) is 13.2 Å². The summed E-state index contributed by atoms with van der Waals surface area (Å²) in [5.74, 6) is 0. The number of nitrogens with two attached hydrogens (primary N) is 1. The van der Waals surface area contributed by atoms with Crippen LogP contribution in [0.3, 0.4) is 0 Å². The Hall–Kier alpha value is -2.86. The average Bonchev–Trinajstić information content (AvgIpc) is 2.64. The highest BCUT2D eigenvalue weighted by atomic mass is 16.6. The highest BCUT2D eigenvalue weighted by Gasteiger charge is 2.23. The van der Waals surface area contributed by atoms with Gasteiger partial charge in [0.15, 0.2) is 0 Å². The van der Waals surface area contributed by atoms with Crippen molar-refractivity contribution in [3.63, 3.8) is 0 Å². The number of hydrogen-bond donors (Lipinski definition) is 1. The summed E-state index contributed by atoms with van der Waals surface area (Å²) in [4.78, 5) is 25.1. The van der Waals surface area contributed by atoms with Gasteiger partial charge in [0.2, 0.25) is 0 Å². The first kappa shape index (κ1) is 17.5. The molecule has 0 bridgehead atoms. The van der Waals surface area contributed by atoms with Crippen LogP contribution in [0.15, 0.2) is 60.7 Å². The molecule has 2 N–H and O–H groups in total. The van der Waals surface area contributed by atoms with E-state index < -0.39 is 12.2 Å². The van der Waals surface area contributed by atoms with Gasteiger partial charge in [-0.2, -0.15) is 0 Å². The number of nitrogens with zero attached hydrogens (tertiary/aromatic N) is 1. The number of benzene rings is 2. The maximum absolute atomic E-state index is 12.1. The van der Waals surface area contributed by atoms with Crippen LogP contribution in [0.5, 0.6) is 0 Å². The molecular weight excluding hydrogens is 308 g/mol. The van der Waals surface area contributed by atoms with Crippen molar-refractivity contribution >= 4 is 12.2 Å². The molecule has 0 heterocycles. The van der Waals surface area contributed by atoms with Gasteiger partial charge in [-0.3, -0.25) is 0 Å².